The van der Waals surface area contributed by atoms with Gasteiger partial charge in [-0.3, -0.25) is 9.69 Å². The van der Waals surface area contributed by atoms with Gasteiger partial charge in [-0.15, -0.1) is 0 Å². The van der Waals surface area contributed by atoms with Gasteiger partial charge in [-0.1, -0.05) is 20.8 Å². The number of rotatable bonds is 2. The Morgan fingerprint density at radius 3 is 2.65 bits per heavy atom. The third-order valence-corrected chi connectivity index (χ3v) is 4.65. The van der Waals surface area contributed by atoms with Crippen LogP contribution in [-0.4, -0.2) is 34.6 Å². The molecule has 1 heterocycles. The molecule has 0 aromatic carbocycles. The average Bonchev–Trinajstić information content (AvgIpc) is 2.64. The highest BCUT2D eigenvalue weighted by molar-refractivity contribution is 5.73. The van der Waals surface area contributed by atoms with Gasteiger partial charge in [0.05, 0.1) is 0 Å². The maximum absolute atomic E-state index is 11.2. The molecule has 1 saturated carbocycles. The molecule has 2 aliphatic rings. The summed E-state index contributed by atoms with van der Waals surface area (Å²) < 4.78 is 0. The number of carboxylic acid groups (broad SMARTS) is 1. The van der Waals surface area contributed by atoms with E-state index in [4.69, 9.17) is 0 Å². The predicted molar refractivity (Wildman–Crippen MR) is 67.9 cm³/mol. The van der Waals surface area contributed by atoms with Crippen molar-refractivity contribution in [1.29, 1.82) is 0 Å². The summed E-state index contributed by atoms with van der Waals surface area (Å²) in [6.45, 7) is 7.94. The minimum atomic E-state index is -0.625. The zero-order valence-corrected chi connectivity index (χ0v) is 11.3. The van der Waals surface area contributed by atoms with E-state index in [0.717, 1.165) is 25.8 Å². The number of likely N-dealkylation sites (tertiary alicyclic amines) is 1. The highest BCUT2D eigenvalue weighted by atomic mass is 16.4. The molecule has 0 radical (unpaired) electrons. The molecule has 2 rings (SSSR count). The van der Waals surface area contributed by atoms with Crippen molar-refractivity contribution in [1.82, 2.24) is 4.90 Å². The van der Waals surface area contributed by atoms with Crippen LogP contribution in [0.3, 0.4) is 0 Å². The van der Waals surface area contributed by atoms with E-state index in [2.05, 4.69) is 25.7 Å². The molecule has 0 amide bonds. The lowest BCUT2D eigenvalue weighted by atomic mass is 9.70. The van der Waals surface area contributed by atoms with Crippen molar-refractivity contribution in [2.45, 2.75) is 65.0 Å². The van der Waals surface area contributed by atoms with Crippen molar-refractivity contribution in [3.63, 3.8) is 0 Å². The zero-order valence-electron chi connectivity index (χ0n) is 11.3. The smallest absolute Gasteiger partial charge is 0.320 e. The maximum atomic E-state index is 11.2. The molecule has 1 N–H and O–H groups in total. The molecule has 3 unspecified atom stereocenters. The lowest BCUT2D eigenvalue weighted by molar-refractivity contribution is -0.143. The van der Waals surface area contributed by atoms with Crippen molar-refractivity contribution in [2.24, 2.45) is 11.3 Å². The van der Waals surface area contributed by atoms with E-state index < -0.39 is 5.97 Å². The molecule has 2 fully saturated rings. The summed E-state index contributed by atoms with van der Waals surface area (Å²) in [6, 6.07) is 0.273. The summed E-state index contributed by atoms with van der Waals surface area (Å²) in [5, 5.41) is 9.26. The van der Waals surface area contributed by atoms with Crippen molar-refractivity contribution in [3.05, 3.63) is 0 Å². The van der Waals surface area contributed by atoms with E-state index in [9.17, 15) is 9.90 Å². The van der Waals surface area contributed by atoms with Crippen LogP contribution in [0.4, 0.5) is 0 Å². The van der Waals surface area contributed by atoms with Gasteiger partial charge in [-0.25, -0.2) is 0 Å². The number of hydrogen-bond donors (Lipinski definition) is 1. The highest BCUT2D eigenvalue weighted by Gasteiger charge is 2.41. The maximum Gasteiger partial charge on any atom is 0.320 e. The topological polar surface area (TPSA) is 40.5 Å². The minimum Gasteiger partial charge on any atom is -0.480 e. The molecular formula is C14H25NO2. The van der Waals surface area contributed by atoms with Gasteiger partial charge in [0.2, 0.25) is 0 Å². The van der Waals surface area contributed by atoms with E-state index in [1.54, 1.807) is 0 Å². The van der Waals surface area contributed by atoms with E-state index in [1.165, 1.54) is 12.8 Å². The first kappa shape index (κ1) is 12.9. The Bertz CT molecular complexity index is 301. The predicted octanol–water partition coefficient (Wildman–Crippen LogP) is 2.75. The van der Waals surface area contributed by atoms with Gasteiger partial charge in [0.1, 0.15) is 6.04 Å². The van der Waals surface area contributed by atoms with Crippen LogP contribution < -0.4 is 0 Å². The highest BCUT2D eigenvalue weighted by Crippen LogP contribution is 2.42. The second-order valence-corrected chi connectivity index (χ2v) is 6.69. The molecule has 1 aliphatic heterocycles. The lowest BCUT2D eigenvalue weighted by Gasteiger charge is -2.44. The quantitative estimate of drug-likeness (QED) is 0.805. The largest absolute Gasteiger partial charge is 0.480 e. The van der Waals surface area contributed by atoms with Gasteiger partial charge >= 0.3 is 5.97 Å². The number of aliphatic carboxylic acids is 1. The molecule has 3 atom stereocenters. The molecule has 0 bridgehead atoms. The second kappa shape index (κ2) is 4.60. The van der Waals surface area contributed by atoms with Gasteiger partial charge in [0, 0.05) is 6.04 Å². The number of carbonyl (C=O) groups is 1. The Morgan fingerprint density at radius 2 is 2.06 bits per heavy atom. The molecule has 1 saturated heterocycles. The Balaban J connectivity index is 2.05. The molecule has 0 spiro atoms. The standard InChI is InChI=1S/C14H25NO2/c1-10-9-14(2,3)7-6-11(10)15-8-4-5-12(15)13(16)17/h10-12H,4-9H2,1-3H3,(H,16,17). The normalized spacial score (nSPS) is 38.2. The number of carboxylic acids is 1. The van der Waals surface area contributed by atoms with E-state index in [-0.39, 0.29) is 6.04 Å². The first-order valence-electron chi connectivity index (χ1n) is 6.89. The SMILES string of the molecule is CC1CC(C)(C)CCC1N1CCCC1C(=O)O. The van der Waals surface area contributed by atoms with Crippen LogP contribution in [0.5, 0.6) is 0 Å². The Labute approximate surface area is 104 Å². The summed E-state index contributed by atoms with van der Waals surface area (Å²) in [4.78, 5) is 13.5. The van der Waals surface area contributed by atoms with Crippen LogP contribution in [0, 0.1) is 11.3 Å². The molecule has 3 nitrogen and oxygen atoms in total. The summed E-state index contributed by atoms with van der Waals surface area (Å²) in [6.07, 6.45) is 5.49. The Kier molecular flexibility index (Phi) is 3.48. The fraction of sp³-hybridized carbons (Fsp3) is 0.929. The fourth-order valence-corrected chi connectivity index (χ4v) is 3.88. The summed E-state index contributed by atoms with van der Waals surface area (Å²) in [7, 11) is 0. The van der Waals surface area contributed by atoms with Crippen LogP contribution in [0.1, 0.15) is 52.9 Å². The third-order valence-electron chi connectivity index (χ3n) is 4.65. The van der Waals surface area contributed by atoms with Gasteiger partial charge < -0.3 is 5.11 Å². The van der Waals surface area contributed by atoms with E-state index in [1.807, 2.05) is 0 Å². The van der Waals surface area contributed by atoms with Crippen molar-refractivity contribution in [3.8, 4) is 0 Å². The monoisotopic (exact) mass is 239 g/mol. The minimum absolute atomic E-state index is 0.219. The van der Waals surface area contributed by atoms with Gasteiger partial charge in [0.25, 0.3) is 0 Å². The van der Waals surface area contributed by atoms with Crippen LogP contribution in [0.25, 0.3) is 0 Å². The Morgan fingerprint density at radius 1 is 1.35 bits per heavy atom. The molecule has 0 aromatic rings. The average molecular weight is 239 g/mol. The van der Waals surface area contributed by atoms with Crippen LogP contribution in [0.15, 0.2) is 0 Å². The molecule has 3 heteroatoms. The lowest BCUT2D eigenvalue weighted by Crippen LogP contribution is -2.49. The second-order valence-electron chi connectivity index (χ2n) is 6.69. The van der Waals surface area contributed by atoms with Crippen molar-refractivity contribution in [2.75, 3.05) is 6.54 Å². The number of nitrogens with zero attached hydrogens (tertiary/aromatic N) is 1. The van der Waals surface area contributed by atoms with Crippen molar-refractivity contribution < 1.29 is 9.90 Å². The van der Waals surface area contributed by atoms with Crippen molar-refractivity contribution >= 4 is 5.97 Å². The number of hydrogen-bond acceptors (Lipinski definition) is 2. The van der Waals surface area contributed by atoms with Crippen LogP contribution in [0.2, 0.25) is 0 Å². The van der Waals surface area contributed by atoms with Gasteiger partial charge in [0.15, 0.2) is 0 Å². The van der Waals surface area contributed by atoms with E-state index in [0.29, 0.717) is 17.4 Å². The Hall–Kier alpha value is -0.570. The molecule has 98 valence electrons. The molecule has 1 aliphatic carbocycles. The van der Waals surface area contributed by atoms with E-state index >= 15 is 0 Å². The molecule has 17 heavy (non-hydrogen) atoms. The summed E-state index contributed by atoms with van der Waals surface area (Å²) in [5.74, 6) is -0.00164. The fourth-order valence-electron chi connectivity index (χ4n) is 3.88. The summed E-state index contributed by atoms with van der Waals surface area (Å²) >= 11 is 0. The van der Waals surface area contributed by atoms with Gasteiger partial charge in [-0.05, 0) is 50.0 Å². The third kappa shape index (κ3) is 2.65. The molecular weight excluding hydrogens is 214 g/mol. The first-order valence-corrected chi connectivity index (χ1v) is 6.89. The zero-order chi connectivity index (χ0) is 12.6. The first-order chi connectivity index (χ1) is 7.91. The van der Waals surface area contributed by atoms with Gasteiger partial charge in [-0.2, -0.15) is 0 Å². The summed E-state index contributed by atoms with van der Waals surface area (Å²) in [5.41, 5.74) is 0.439. The molecule has 0 aromatic heterocycles. The van der Waals surface area contributed by atoms with Crippen LogP contribution >= 0.6 is 0 Å². The van der Waals surface area contributed by atoms with Crippen LogP contribution in [-0.2, 0) is 4.79 Å².